The van der Waals surface area contributed by atoms with E-state index in [1.807, 2.05) is 6.08 Å². The Labute approximate surface area is 497 Å². The lowest BCUT2D eigenvalue weighted by Gasteiger charge is -2.40. The maximum Gasteiger partial charge on any atom is 0.220 e. The Morgan fingerprint density at radius 1 is 0.432 bits per heavy atom. The molecule has 7 atom stereocenters. The molecule has 9 heteroatoms. The van der Waals surface area contributed by atoms with Gasteiger partial charge in [-0.05, 0) is 89.9 Å². The molecule has 1 heterocycles. The number of hydrogen-bond acceptors (Lipinski definition) is 8. The van der Waals surface area contributed by atoms with E-state index in [1.54, 1.807) is 6.08 Å². The number of carbonyl (C=O) groups is 1. The van der Waals surface area contributed by atoms with Crippen LogP contribution < -0.4 is 5.32 Å². The molecule has 464 valence electrons. The Hall–Kier alpha value is -3.41. The van der Waals surface area contributed by atoms with Crippen molar-refractivity contribution in [2.24, 2.45) is 0 Å². The molecule has 1 saturated heterocycles. The summed E-state index contributed by atoms with van der Waals surface area (Å²) in [6, 6.07) is -0.817. The van der Waals surface area contributed by atoms with Crippen LogP contribution in [0.1, 0.15) is 271 Å². The van der Waals surface area contributed by atoms with Crippen molar-refractivity contribution in [2.45, 2.75) is 314 Å². The van der Waals surface area contributed by atoms with Crippen LogP contribution in [0.25, 0.3) is 0 Å². The molecule has 7 unspecified atom stereocenters. The summed E-state index contributed by atoms with van der Waals surface area (Å²) in [4.78, 5) is 13.1. The first kappa shape index (κ1) is 75.6. The minimum atomic E-state index is -1.57. The number of aliphatic hydroxyl groups is 5. The van der Waals surface area contributed by atoms with Crippen LogP contribution in [0.15, 0.2) is 122 Å². The van der Waals surface area contributed by atoms with Crippen LogP contribution in [0.5, 0.6) is 0 Å². The smallest absolute Gasteiger partial charge is 0.220 e. The van der Waals surface area contributed by atoms with E-state index in [2.05, 4.69) is 129 Å². The number of ether oxygens (including phenoxy) is 2. The zero-order chi connectivity index (χ0) is 58.6. The molecule has 1 fully saturated rings. The third kappa shape index (κ3) is 48.6. The van der Waals surface area contributed by atoms with E-state index in [0.717, 1.165) is 109 Å². The van der Waals surface area contributed by atoms with Gasteiger partial charge in [0, 0.05) is 6.42 Å². The second-order valence-electron chi connectivity index (χ2n) is 22.5. The molecule has 81 heavy (non-hydrogen) atoms. The van der Waals surface area contributed by atoms with Crippen LogP contribution in [0, 0.1) is 0 Å². The maximum absolute atomic E-state index is 13.1. The molecule has 0 bridgehead atoms. The number of allylic oxidation sites excluding steroid dienone is 19. The molecule has 1 rings (SSSR count). The Bertz CT molecular complexity index is 1690. The summed E-state index contributed by atoms with van der Waals surface area (Å²) in [7, 11) is 0. The Balaban J connectivity index is 2.18. The maximum atomic E-state index is 13.1. The van der Waals surface area contributed by atoms with Gasteiger partial charge in [-0.15, -0.1) is 0 Å². The zero-order valence-corrected chi connectivity index (χ0v) is 51.7. The van der Waals surface area contributed by atoms with Crippen molar-refractivity contribution in [2.75, 3.05) is 13.2 Å². The van der Waals surface area contributed by atoms with E-state index in [1.165, 1.54) is 141 Å². The molecule has 1 aliphatic heterocycles. The standard InChI is InChI=1S/C72H123NO8/c1-3-5-7-9-11-13-15-17-19-21-23-25-26-27-28-29-30-31-32-33-34-35-36-37-38-39-40-42-44-46-48-50-52-54-56-58-60-62-68(76)73-65(64-80-72-71(79)70(78)69(77)67(63-74)81-72)66(75)61-59-57-55-53-51-49-47-45-43-41-24-22-20-18-16-14-12-10-8-6-4-2/h5,7,11,13,17,19,23,25,27-28,30-31,33-34,36-37,39-40,59,61,65-67,69-72,74-75,77-79H,3-4,6,8-10,12,14-16,18,20-22,24,26,29,32,35,38,41-58,60,62-64H2,1-2H3,(H,73,76)/b7-5-,13-11-,19-17-,25-23-,28-27-,31-30-,34-33-,37-36-,40-39-,61-59+. The molecule has 0 spiro atoms. The number of rotatable bonds is 56. The minimum absolute atomic E-state index is 0.186. The fourth-order valence-corrected chi connectivity index (χ4v) is 9.86. The van der Waals surface area contributed by atoms with Crippen molar-refractivity contribution >= 4 is 5.91 Å². The van der Waals surface area contributed by atoms with Gasteiger partial charge in [-0.3, -0.25) is 4.79 Å². The van der Waals surface area contributed by atoms with Gasteiger partial charge in [0.25, 0.3) is 0 Å². The lowest BCUT2D eigenvalue weighted by molar-refractivity contribution is -0.302. The van der Waals surface area contributed by atoms with E-state index in [9.17, 15) is 30.3 Å². The number of nitrogens with one attached hydrogen (secondary N) is 1. The Morgan fingerprint density at radius 2 is 0.765 bits per heavy atom. The number of hydrogen-bond donors (Lipinski definition) is 6. The summed E-state index contributed by atoms with van der Waals surface area (Å²) in [5.74, 6) is -0.186. The Morgan fingerprint density at radius 3 is 1.14 bits per heavy atom. The molecule has 0 aromatic heterocycles. The predicted octanol–water partition coefficient (Wildman–Crippen LogP) is 17.9. The summed E-state index contributed by atoms with van der Waals surface area (Å²) in [6.07, 6.45) is 82.7. The molecule has 6 N–H and O–H groups in total. The van der Waals surface area contributed by atoms with E-state index in [4.69, 9.17) is 9.47 Å². The first-order chi connectivity index (χ1) is 39.8. The lowest BCUT2D eigenvalue weighted by Crippen LogP contribution is -2.60. The van der Waals surface area contributed by atoms with Gasteiger partial charge in [-0.2, -0.15) is 0 Å². The summed E-state index contributed by atoms with van der Waals surface area (Å²) >= 11 is 0. The van der Waals surface area contributed by atoms with E-state index >= 15 is 0 Å². The lowest BCUT2D eigenvalue weighted by atomic mass is 9.99. The van der Waals surface area contributed by atoms with Gasteiger partial charge in [0.05, 0.1) is 25.4 Å². The first-order valence-electron chi connectivity index (χ1n) is 33.3. The number of carbonyl (C=O) groups excluding carboxylic acids is 1. The normalized spacial score (nSPS) is 19.2. The van der Waals surface area contributed by atoms with Crippen LogP contribution in [0.2, 0.25) is 0 Å². The molecule has 0 aliphatic carbocycles. The number of unbranched alkanes of at least 4 members (excludes halogenated alkanes) is 28. The van der Waals surface area contributed by atoms with Crippen molar-refractivity contribution in [3.63, 3.8) is 0 Å². The molecule has 0 aromatic carbocycles. The molecule has 0 aromatic rings. The second kappa shape index (κ2) is 59.7. The average Bonchev–Trinajstić information content (AvgIpc) is 3.49. The Kier molecular flexibility index (Phi) is 55.8. The predicted molar refractivity (Wildman–Crippen MR) is 345 cm³/mol. The summed E-state index contributed by atoms with van der Waals surface area (Å²) in [5.41, 5.74) is 0. The van der Waals surface area contributed by atoms with Gasteiger partial charge in [-0.1, -0.05) is 296 Å². The molecular weight excluding hydrogens is 1010 g/mol. The molecule has 1 amide bonds. The molecular formula is C72H123NO8. The molecule has 1 aliphatic rings. The van der Waals surface area contributed by atoms with Crippen molar-refractivity contribution < 1.29 is 39.8 Å². The second-order valence-corrected chi connectivity index (χ2v) is 22.5. The third-order valence-corrected chi connectivity index (χ3v) is 15.0. The SMILES string of the molecule is CC/C=C\C/C=C\C/C=C\C/C=C\C/C=C\C/C=C\C/C=C\C/C=C\C/C=C\CCCCCCCCCCCC(=O)NC(COC1OC(CO)C(O)C(O)C1O)C(O)/C=C/CCCCCCCCCCCCCCCCCCCCC. The van der Waals surface area contributed by atoms with Crippen molar-refractivity contribution in [1.29, 1.82) is 0 Å². The molecule has 0 saturated carbocycles. The van der Waals surface area contributed by atoms with Crippen molar-refractivity contribution in [3.8, 4) is 0 Å². The highest BCUT2D eigenvalue weighted by atomic mass is 16.7. The average molecular weight is 1130 g/mol. The number of amides is 1. The monoisotopic (exact) mass is 1130 g/mol. The van der Waals surface area contributed by atoms with Crippen LogP contribution in [0.3, 0.4) is 0 Å². The highest BCUT2D eigenvalue weighted by Crippen LogP contribution is 2.23. The van der Waals surface area contributed by atoms with Crippen LogP contribution >= 0.6 is 0 Å². The van der Waals surface area contributed by atoms with Crippen LogP contribution in [-0.4, -0.2) is 87.5 Å². The highest BCUT2D eigenvalue weighted by molar-refractivity contribution is 5.76. The van der Waals surface area contributed by atoms with E-state index in [-0.39, 0.29) is 12.5 Å². The van der Waals surface area contributed by atoms with Gasteiger partial charge in [0.1, 0.15) is 24.4 Å². The zero-order valence-electron chi connectivity index (χ0n) is 51.7. The summed E-state index contributed by atoms with van der Waals surface area (Å²) in [5, 5.41) is 54.7. The van der Waals surface area contributed by atoms with Gasteiger partial charge in [0.15, 0.2) is 6.29 Å². The first-order valence-corrected chi connectivity index (χ1v) is 33.3. The fourth-order valence-electron chi connectivity index (χ4n) is 9.86. The minimum Gasteiger partial charge on any atom is -0.394 e. The van der Waals surface area contributed by atoms with Gasteiger partial charge in [0.2, 0.25) is 5.91 Å². The van der Waals surface area contributed by atoms with Gasteiger partial charge in [-0.25, -0.2) is 0 Å². The highest BCUT2D eigenvalue weighted by Gasteiger charge is 2.44. The van der Waals surface area contributed by atoms with Crippen molar-refractivity contribution in [1.82, 2.24) is 5.32 Å². The van der Waals surface area contributed by atoms with Crippen LogP contribution in [-0.2, 0) is 14.3 Å². The largest absolute Gasteiger partial charge is 0.394 e. The van der Waals surface area contributed by atoms with E-state index in [0.29, 0.717) is 6.42 Å². The summed E-state index contributed by atoms with van der Waals surface area (Å²) in [6.45, 7) is 3.68. The van der Waals surface area contributed by atoms with Gasteiger partial charge >= 0.3 is 0 Å². The van der Waals surface area contributed by atoms with E-state index < -0.39 is 49.5 Å². The third-order valence-electron chi connectivity index (χ3n) is 15.0. The summed E-state index contributed by atoms with van der Waals surface area (Å²) < 4.78 is 11.3. The molecule has 9 nitrogen and oxygen atoms in total. The van der Waals surface area contributed by atoms with Gasteiger partial charge < -0.3 is 40.3 Å². The number of aliphatic hydroxyl groups excluding tert-OH is 5. The van der Waals surface area contributed by atoms with Crippen LogP contribution in [0.4, 0.5) is 0 Å². The quantitative estimate of drug-likeness (QED) is 0.0261. The fraction of sp³-hybridized carbons (Fsp3) is 0.708. The topological polar surface area (TPSA) is 149 Å². The molecule has 0 radical (unpaired) electrons. The van der Waals surface area contributed by atoms with Crippen molar-refractivity contribution in [3.05, 3.63) is 122 Å².